The van der Waals surface area contributed by atoms with Gasteiger partial charge in [0, 0.05) is 29.2 Å². The highest BCUT2D eigenvalue weighted by atomic mass is 35.5. The molecule has 1 aromatic heterocycles. The van der Waals surface area contributed by atoms with Crippen LogP contribution in [-0.2, 0) is 16.6 Å². The standard InChI is InChI=1S/C19H19ClN2O4S/c1-13-2-3-14-11-15(19(24)21-18(14)10-13)12-22(8-9-23)27(25,26)17-6-4-16(20)5-7-17/h2-7,10-11,23H,8-9,12H2,1H3,(H,21,24). The molecular weight excluding hydrogens is 388 g/mol. The van der Waals surface area contributed by atoms with Gasteiger partial charge in [-0.25, -0.2) is 8.42 Å². The van der Waals surface area contributed by atoms with Crippen LogP contribution in [0.25, 0.3) is 10.9 Å². The molecule has 0 atom stereocenters. The quantitative estimate of drug-likeness (QED) is 0.658. The number of sulfonamides is 1. The first kappa shape index (κ1) is 19.6. The van der Waals surface area contributed by atoms with Crippen molar-refractivity contribution in [2.24, 2.45) is 0 Å². The lowest BCUT2D eigenvalue weighted by Gasteiger charge is -2.21. The molecule has 3 aromatic rings. The third kappa shape index (κ3) is 4.22. The second-order valence-corrected chi connectivity index (χ2v) is 8.60. The molecule has 8 heteroatoms. The predicted molar refractivity (Wildman–Crippen MR) is 105 cm³/mol. The van der Waals surface area contributed by atoms with E-state index in [9.17, 15) is 18.3 Å². The van der Waals surface area contributed by atoms with E-state index >= 15 is 0 Å². The Morgan fingerprint density at radius 1 is 1.11 bits per heavy atom. The third-order valence-corrected chi connectivity index (χ3v) is 6.34. The minimum Gasteiger partial charge on any atom is -0.395 e. The predicted octanol–water partition coefficient (Wildman–Crippen LogP) is 2.67. The maximum atomic E-state index is 12.9. The highest BCUT2D eigenvalue weighted by molar-refractivity contribution is 7.89. The summed E-state index contributed by atoms with van der Waals surface area (Å²) in [5.41, 5.74) is 1.65. The van der Waals surface area contributed by atoms with Gasteiger partial charge in [0.15, 0.2) is 0 Å². The molecule has 0 radical (unpaired) electrons. The van der Waals surface area contributed by atoms with E-state index in [1.807, 2.05) is 25.1 Å². The summed E-state index contributed by atoms with van der Waals surface area (Å²) in [6.07, 6.45) is 0. The van der Waals surface area contributed by atoms with Gasteiger partial charge in [-0.05, 0) is 54.3 Å². The third-order valence-electron chi connectivity index (χ3n) is 4.23. The minimum absolute atomic E-state index is 0.0493. The molecule has 0 unspecified atom stereocenters. The lowest BCUT2D eigenvalue weighted by molar-refractivity contribution is 0.251. The fraction of sp³-hybridized carbons (Fsp3) is 0.211. The van der Waals surface area contributed by atoms with Gasteiger partial charge in [-0.15, -0.1) is 0 Å². The minimum atomic E-state index is -3.89. The first-order valence-corrected chi connectivity index (χ1v) is 10.1. The Hall–Kier alpha value is -2.19. The molecule has 0 aliphatic heterocycles. The Labute approximate surface area is 162 Å². The van der Waals surface area contributed by atoms with Crippen LogP contribution in [0.2, 0.25) is 5.02 Å². The van der Waals surface area contributed by atoms with Gasteiger partial charge in [0.2, 0.25) is 10.0 Å². The van der Waals surface area contributed by atoms with Crippen molar-refractivity contribution in [2.75, 3.05) is 13.2 Å². The molecule has 1 heterocycles. The molecule has 0 saturated carbocycles. The molecule has 0 amide bonds. The Morgan fingerprint density at radius 2 is 1.81 bits per heavy atom. The van der Waals surface area contributed by atoms with E-state index < -0.39 is 10.0 Å². The molecule has 0 spiro atoms. The van der Waals surface area contributed by atoms with Crippen LogP contribution in [0, 0.1) is 6.92 Å². The van der Waals surface area contributed by atoms with Crippen molar-refractivity contribution in [3.63, 3.8) is 0 Å². The number of benzene rings is 2. The number of nitrogens with one attached hydrogen (secondary N) is 1. The van der Waals surface area contributed by atoms with Crippen molar-refractivity contribution in [1.82, 2.24) is 9.29 Å². The Kier molecular flexibility index (Phi) is 5.67. The van der Waals surface area contributed by atoms with Gasteiger partial charge in [0.05, 0.1) is 11.5 Å². The summed E-state index contributed by atoms with van der Waals surface area (Å²) in [6.45, 7) is 1.28. The number of H-pyrrole nitrogens is 1. The second kappa shape index (κ2) is 7.82. The second-order valence-electron chi connectivity index (χ2n) is 6.23. The van der Waals surface area contributed by atoms with Crippen LogP contribution < -0.4 is 5.56 Å². The number of aliphatic hydroxyl groups excluding tert-OH is 1. The molecule has 2 aromatic carbocycles. The zero-order valence-corrected chi connectivity index (χ0v) is 16.2. The molecule has 142 valence electrons. The Bertz CT molecular complexity index is 1120. The monoisotopic (exact) mass is 406 g/mol. The number of hydrogen-bond acceptors (Lipinski definition) is 4. The molecule has 0 aliphatic carbocycles. The number of fused-ring (bicyclic) bond motifs is 1. The first-order valence-electron chi connectivity index (χ1n) is 8.30. The lowest BCUT2D eigenvalue weighted by atomic mass is 10.1. The number of aromatic nitrogens is 1. The number of hydrogen-bond donors (Lipinski definition) is 2. The largest absolute Gasteiger partial charge is 0.395 e. The molecular formula is C19H19ClN2O4S. The average molecular weight is 407 g/mol. The van der Waals surface area contributed by atoms with Crippen molar-refractivity contribution in [3.8, 4) is 0 Å². The maximum absolute atomic E-state index is 12.9. The highest BCUT2D eigenvalue weighted by Crippen LogP contribution is 2.21. The van der Waals surface area contributed by atoms with Gasteiger partial charge in [0.25, 0.3) is 5.56 Å². The number of aliphatic hydroxyl groups is 1. The summed E-state index contributed by atoms with van der Waals surface area (Å²) in [4.78, 5) is 15.3. The molecule has 0 saturated heterocycles. The van der Waals surface area contributed by atoms with Gasteiger partial charge in [0.1, 0.15) is 0 Å². The summed E-state index contributed by atoms with van der Waals surface area (Å²) in [6, 6.07) is 13.1. The van der Waals surface area contributed by atoms with Gasteiger partial charge >= 0.3 is 0 Å². The van der Waals surface area contributed by atoms with Gasteiger partial charge in [-0.1, -0.05) is 23.7 Å². The highest BCUT2D eigenvalue weighted by Gasteiger charge is 2.25. The van der Waals surface area contributed by atoms with Crippen molar-refractivity contribution in [1.29, 1.82) is 0 Å². The topological polar surface area (TPSA) is 90.5 Å². The van der Waals surface area contributed by atoms with Crippen molar-refractivity contribution in [3.05, 3.63) is 75.0 Å². The Morgan fingerprint density at radius 3 is 2.48 bits per heavy atom. The summed E-state index contributed by atoms with van der Waals surface area (Å²) >= 11 is 5.83. The molecule has 27 heavy (non-hydrogen) atoms. The molecule has 0 fully saturated rings. The first-order chi connectivity index (χ1) is 12.8. The zero-order valence-electron chi connectivity index (χ0n) is 14.6. The number of pyridine rings is 1. The van der Waals surface area contributed by atoms with Crippen LogP contribution >= 0.6 is 11.6 Å². The fourth-order valence-corrected chi connectivity index (χ4v) is 4.35. The van der Waals surface area contributed by atoms with Crippen LogP contribution in [0.15, 0.2) is 58.2 Å². The van der Waals surface area contributed by atoms with Crippen molar-refractivity contribution < 1.29 is 13.5 Å². The Balaban J connectivity index is 2.00. The SMILES string of the molecule is Cc1ccc2cc(CN(CCO)S(=O)(=O)c3ccc(Cl)cc3)c(=O)[nH]c2c1. The van der Waals surface area contributed by atoms with E-state index in [-0.39, 0.29) is 30.2 Å². The summed E-state index contributed by atoms with van der Waals surface area (Å²) in [7, 11) is -3.89. The van der Waals surface area contributed by atoms with Crippen molar-refractivity contribution >= 4 is 32.5 Å². The van der Waals surface area contributed by atoms with Gasteiger partial charge in [-0.3, -0.25) is 4.79 Å². The maximum Gasteiger partial charge on any atom is 0.252 e. The number of aromatic amines is 1. The van der Waals surface area contributed by atoms with Gasteiger partial charge in [-0.2, -0.15) is 4.31 Å². The number of halogens is 1. The molecule has 0 bridgehead atoms. The van der Waals surface area contributed by atoms with E-state index in [1.165, 1.54) is 24.3 Å². The van der Waals surface area contributed by atoms with Crippen LogP contribution in [0.1, 0.15) is 11.1 Å². The van der Waals surface area contributed by atoms with Crippen molar-refractivity contribution in [2.45, 2.75) is 18.4 Å². The average Bonchev–Trinajstić information content (AvgIpc) is 2.62. The summed E-state index contributed by atoms with van der Waals surface area (Å²) < 4.78 is 26.9. The molecule has 0 aliphatic rings. The smallest absolute Gasteiger partial charge is 0.252 e. The van der Waals surface area contributed by atoms with E-state index in [0.717, 1.165) is 15.3 Å². The van der Waals surface area contributed by atoms with E-state index in [1.54, 1.807) is 6.07 Å². The van der Waals surface area contributed by atoms with E-state index in [4.69, 9.17) is 11.6 Å². The van der Waals surface area contributed by atoms with Crippen LogP contribution in [0.4, 0.5) is 0 Å². The molecule has 2 N–H and O–H groups in total. The normalized spacial score (nSPS) is 12.0. The molecule has 3 rings (SSSR count). The lowest BCUT2D eigenvalue weighted by Crippen LogP contribution is -2.35. The fourth-order valence-electron chi connectivity index (χ4n) is 2.82. The summed E-state index contributed by atoms with van der Waals surface area (Å²) in [5, 5.41) is 10.6. The van der Waals surface area contributed by atoms with E-state index in [0.29, 0.717) is 16.1 Å². The summed E-state index contributed by atoms with van der Waals surface area (Å²) in [5.74, 6) is 0. The van der Waals surface area contributed by atoms with Crippen LogP contribution in [-0.4, -0.2) is 36.0 Å². The van der Waals surface area contributed by atoms with Crippen LogP contribution in [0.5, 0.6) is 0 Å². The number of aryl methyl sites for hydroxylation is 1. The number of nitrogens with zero attached hydrogens (tertiary/aromatic N) is 1. The molecule has 6 nitrogen and oxygen atoms in total. The zero-order chi connectivity index (χ0) is 19.6. The van der Waals surface area contributed by atoms with Gasteiger partial charge < -0.3 is 10.1 Å². The van der Waals surface area contributed by atoms with Crippen LogP contribution in [0.3, 0.4) is 0 Å². The van der Waals surface area contributed by atoms with E-state index in [2.05, 4.69) is 4.98 Å². The number of rotatable bonds is 6.